The minimum Gasteiger partial charge on any atom is -0.857 e. The summed E-state index contributed by atoms with van der Waals surface area (Å²) in [5.74, 6) is 1.56. The Labute approximate surface area is 113 Å². The number of hydrazone groups is 1. The van der Waals surface area contributed by atoms with Crippen molar-refractivity contribution in [2.45, 2.75) is 32.2 Å². The average Bonchev–Trinajstić information content (AvgIpc) is 3.12. The van der Waals surface area contributed by atoms with Crippen LogP contribution in [0.15, 0.2) is 35.4 Å². The monoisotopic (exact) mass is 254 g/mol. The maximum Gasteiger partial charge on any atom is 0.212 e. The van der Waals surface area contributed by atoms with Crippen LogP contribution >= 0.6 is 0 Å². The fourth-order valence-electron chi connectivity index (χ4n) is 4.31. The van der Waals surface area contributed by atoms with E-state index in [0.29, 0.717) is 17.9 Å². The molecular formula is C16H18N2O. The Kier molecular flexibility index (Phi) is 2.32. The predicted molar refractivity (Wildman–Crippen MR) is 72.0 cm³/mol. The molecule has 0 saturated heterocycles. The first-order valence-electron chi connectivity index (χ1n) is 7.19. The molecule has 2 saturated carbocycles. The van der Waals surface area contributed by atoms with Crippen molar-refractivity contribution >= 4 is 11.6 Å². The molecule has 1 aromatic carbocycles. The molecule has 19 heavy (non-hydrogen) atoms. The van der Waals surface area contributed by atoms with Gasteiger partial charge in [0.15, 0.2) is 6.04 Å². The summed E-state index contributed by atoms with van der Waals surface area (Å²) in [6, 6.07) is 10.6. The second kappa shape index (κ2) is 3.92. The van der Waals surface area contributed by atoms with Crippen LogP contribution in [0.5, 0.6) is 0 Å². The Hall–Kier alpha value is -1.64. The first-order valence-corrected chi connectivity index (χ1v) is 7.19. The van der Waals surface area contributed by atoms with Crippen molar-refractivity contribution < 1.29 is 9.79 Å². The molecule has 2 fully saturated rings. The van der Waals surface area contributed by atoms with E-state index in [9.17, 15) is 5.11 Å². The smallest absolute Gasteiger partial charge is 0.212 e. The quantitative estimate of drug-likeness (QED) is 0.702. The van der Waals surface area contributed by atoms with Crippen molar-refractivity contribution in [3.8, 4) is 0 Å². The normalized spacial score (nSPS) is 38.3. The summed E-state index contributed by atoms with van der Waals surface area (Å²) in [5.41, 5.74) is 2.29. The van der Waals surface area contributed by atoms with Gasteiger partial charge in [-0.25, -0.2) is 0 Å². The molecule has 2 bridgehead atoms. The third-order valence-corrected chi connectivity index (χ3v) is 5.18. The number of hydrogen-bond donors (Lipinski definition) is 0. The lowest BCUT2D eigenvalue weighted by molar-refractivity contribution is -0.573. The second-order valence-corrected chi connectivity index (χ2v) is 6.08. The van der Waals surface area contributed by atoms with Gasteiger partial charge in [0, 0.05) is 24.3 Å². The van der Waals surface area contributed by atoms with Crippen LogP contribution in [0.2, 0.25) is 0 Å². The highest BCUT2D eigenvalue weighted by Crippen LogP contribution is 2.51. The summed E-state index contributed by atoms with van der Waals surface area (Å²) in [6.45, 7) is 2.08. The van der Waals surface area contributed by atoms with E-state index in [-0.39, 0.29) is 11.8 Å². The van der Waals surface area contributed by atoms with Crippen molar-refractivity contribution in [1.82, 2.24) is 0 Å². The predicted octanol–water partition coefficient (Wildman–Crippen LogP) is 1.61. The Balaban J connectivity index is 1.80. The second-order valence-electron chi connectivity index (χ2n) is 6.08. The van der Waals surface area contributed by atoms with Gasteiger partial charge < -0.3 is 5.11 Å². The molecule has 1 aromatic rings. The maximum atomic E-state index is 12.2. The zero-order chi connectivity index (χ0) is 13.0. The van der Waals surface area contributed by atoms with Crippen LogP contribution in [-0.2, 0) is 0 Å². The largest absolute Gasteiger partial charge is 0.857 e. The number of benzene rings is 1. The maximum absolute atomic E-state index is 12.2. The molecule has 1 heterocycles. The lowest BCUT2D eigenvalue weighted by Crippen LogP contribution is -2.38. The summed E-state index contributed by atoms with van der Waals surface area (Å²) in [4.78, 5) is 0. The van der Waals surface area contributed by atoms with Crippen molar-refractivity contribution in [2.75, 3.05) is 0 Å². The molecule has 3 nitrogen and oxygen atoms in total. The fraction of sp³-hybridized carbons (Fsp3) is 0.500. The standard InChI is InChI=1S/C16H18N2O/c1-10(11-5-3-2-4-6-11)18-15-13-8-7-12(9-13)14(15)16(19)17-18/h2-6,12-15H,7-9H2,1H3/b18-10+/t12-,13+,14+,15-/m1/s1. The fourth-order valence-corrected chi connectivity index (χ4v) is 4.31. The van der Waals surface area contributed by atoms with E-state index in [1.807, 2.05) is 22.9 Å². The van der Waals surface area contributed by atoms with E-state index in [0.717, 1.165) is 5.71 Å². The molecule has 4 rings (SSSR count). The van der Waals surface area contributed by atoms with Gasteiger partial charge in [-0.05, 0) is 42.4 Å². The Morgan fingerprint density at radius 1 is 1.21 bits per heavy atom. The molecule has 0 aromatic heterocycles. The average molecular weight is 254 g/mol. The number of fused-ring (bicyclic) bond motifs is 5. The van der Waals surface area contributed by atoms with Crippen LogP contribution in [-0.4, -0.2) is 22.3 Å². The zero-order valence-electron chi connectivity index (χ0n) is 11.1. The first kappa shape index (κ1) is 11.2. The lowest BCUT2D eigenvalue weighted by Gasteiger charge is -2.22. The molecule has 0 radical (unpaired) electrons. The minimum absolute atomic E-state index is 0.118. The SMILES string of the molecule is C/C(c1ccccc1)=[N+]1\N=C([O-])[C@H]2[C@@H]3CC[C@@H](C3)[C@H]21. The Morgan fingerprint density at radius 3 is 2.74 bits per heavy atom. The molecule has 0 N–H and O–H groups in total. The van der Waals surface area contributed by atoms with Crippen LogP contribution < -0.4 is 5.11 Å². The molecular weight excluding hydrogens is 236 g/mol. The van der Waals surface area contributed by atoms with E-state index in [4.69, 9.17) is 0 Å². The topological polar surface area (TPSA) is 38.4 Å². The van der Waals surface area contributed by atoms with Crippen LogP contribution in [0.3, 0.4) is 0 Å². The highest BCUT2D eigenvalue weighted by Gasteiger charge is 2.57. The number of rotatable bonds is 1. The molecule has 3 heteroatoms. The summed E-state index contributed by atoms with van der Waals surface area (Å²) in [7, 11) is 0. The van der Waals surface area contributed by atoms with E-state index < -0.39 is 0 Å². The van der Waals surface area contributed by atoms with Gasteiger partial charge in [0.2, 0.25) is 5.71 Å². The highest BCUT2D eigenvalue weighted by molar-refractivity contribution is 5.95. The van der Waals surface area contributed by atoms with E-state index in [1.54, 1.807) is 0 Å². The van der Waals surface area contributed by atoms with Gasteiger partial charge in [0.25, 0.3) is 0 Å². The van der Waals surface area contributed by atoms with Crippen LogP contribution in [0.1, 0.15) is 31.7 Å². The zero-order valence-corrected chi connectivity index (χ0v) is 11.1. The molecule has 2 aliphatic carbocycles. The summed E-state index contributed by atoms with van der Waals surface area (Å²) in [6.07, 6.45) is 3.73. The minimum atomic E-state index is 0.118. The Morgan fingerprint density at radius 2 is 1.95 bits per heavy atom. The first-order chi connectivity index (χ1) is 9.25. The lowest BCUT2D eigenvalue weighted by atomic mass is 9.85. The third kappa shape index (κ3) is 1.50. The van der Waals surface area contributed by atoms with Crippen molar-refractivity contribution in [1.29, 1.82) is 0 Å². The summed E-state index contributed by atoms with van der Waals surface area (Å²) >= 11 is 0. The number of hydrogen-bond acceptors (Lipinski definition) is 2. The van der Waals surface area contributed by atoms with Crippen LogP contribution in [0, 0.1) is 17.8 Å². The van der Waals surface area contributed by atoms with E-state index >= 15 is 0 Å². The summed E-state index contributed by atoms with van der Waals surface area (Å²) in [5, 5.41) is 16.5. The van der Waals surface area contributed by atoms with Gasteiger partial charge in [0.1, 0.15) is 0 Å². The van der Waals surface area contributed by atoms with E-state index in [2.05, 4.69) is 24.2 Å². The number of nitrogens with zero attached hydrogens (tertiary/aromatic N) is 2. The van der Waals surface area contributed by atoms with Crippen molar-refractivity contribution in [3.05, 3.63) is 35.9 Å². The third-order valence-electron chi connectivity index (χ3n) is 5.18. The van der Waals surface area contributed by atoms with Gasteiger partial charge >= 0.3 is 0 Å². The molecule has 98 valence electrons. The molecule has 4 atom stereocenters. The molecule has 0 spiro atoms. The van der Waals surface area contributed by atoms with Crippen LogP contribution in [0.25, 0.3) is 0 Å². The molecule has 3 aliphatic rings. The van der Waals surface area contributed by atoms with Gasteiger partial charge in [-0.15, -0.1) is 0 Å². The van der Waals surface area contributed by atoms with Gasteiger partial charge in [-0.2, -0.15) is 0 Å². The van der Waals surface area contributed by atoms with Gasteiger partial charge in [-0.3, -0.25) is 0 Å². The van der Waals surface area contributed by atoms with Crippen molar-refractivity contribution in [3.63, 3.8) is 0 Å². The molecule has 0 unspecified atom stereocenters. The summed E-state index contributed by atoms with van der Waals surface area (Å²) < 4.78 is 2.03. The highest BCUT2D eigenvalue weighted by atomic mass is 16.3. The molecule has 1 aliphatic heterocycles. The molecule has 0 amide bonds. The van der Waals surface area contributed by atoms with Gasteiger partial charge in [-0.1, -0.05) is 22.9 Å². The van der Waals surface area contributed by atoms with Gasteiger partial charge in [0.05, 0.1) is 5.92 Å². The van der Waals surface area contributed by atoms with Crippen LogP contribution in [0.4, 0.5) is 0 Å². The van der Waals surface area contributed by atoms with Crippen molar-refractivity contribution in [2.24, 2.45) is 22.9 Å². The van der Waals surface area contributed by atoms with E-state index in [1.165, 1.54) is 24.8 Å². The Bertz CT molecular complexity index is 576.